The third-order valence-electron chi connectivity index (χ3n) is 4.60. The second-order valence-electron chi connectivity index (χ2n) is 6.95. The molecule has 3 rings (SSSR count). The van der Waals surface area contributed by atoms with E-state index in [1.54, 1.807) is 30.3 Å². The fourth-order valence-electron chi connectivity index (χ4n) is 2.86. The number of carbonyl (C=O) groups is 1. The summed E-state index contributed by atoms with van der Waals surface area (Å²) in [5.41, 5.74) is 0.804. The second-order valence-corrected chi connectivity index (χ2v) is 9.31. The average molecular weight is 517 g/mol. The lowest BCUT2D eigenvalue weighted by Crippen LogP contribution is -2.14. The highest BCUT2D eigenvalue weighted by molar-refractivity contribution is 7.87. The lowest BCUT2D eigenvalue weighted by molar-refractivity contribution is -0.112. The molecule has 0 bridgehead atoms. The van der Waals surface area contributed by atoms with Crippen molar-refractivity contribution >= 4 is 51.0 Å². The topological polar surface area (TPSA) is 105 Å². The number of halogens is 2. The molecule has 0 unspecified atom stereocenters. The summed E-state index contributed by atoms with van der Waals surface area (Å²) >= 11 is 12.2. The van der Waals surface area contributed by atoms with E-state index in [1.807, 2.05) is 6.92 Å². The summed E-state index contributed by atoms with van der Waals surface area (Å²) in [5.74, 6) is -0.883. The Labute approximate surface area is 207 Å². The molecule has 0 aliphatic rings. The van der Waals surface area contributed by atoms with Crippen LogP contribution < -0.4 is 14.2 Å². The standard InChI is InChI=1S/C24H18Cl2N2O5S/c1-15-9-11-18(12-10-15)34(30,31)33-23-16(5-3-8-21(23)32-2)13-17(14-27)24(29)28-22-19(25)6-4-7-20(22)26/h3-13H,1-2H3,(H,28,29)/b17-13+. The van der Waals surface area contributed by atoms with Crippen LogP contribution in [0.5, 0.6) is 11.5 Å². The van der Waals surface area contributed by atoms with Gasteiger partial charge in [0, 0.05) is 5.56 Å². The number of aryl methyl sites for hydroxylation is 1. The summed E-state index contributed by atoms with van der Waals surface area (Å²) < 4.78 is 36.4. The molecular formula is C24H18Cl2N2O5S. The maximum absolute atomic E-state index is 12.9. The minimum atomic E-state index is -4.24. The summed E-state index contributed by atoms with van der Waals surface area (Å²) in [6.45, 7) is 1.82. The van der Waals surface area contributed by atoms with Crippen molar-refractivity contribution in [2.45, 2.75) is 11.8 Å². The fourth-order valence-corrected chi connectivity index (χ4v) is 4.32. The molecular weight excluding hydrogens is 499 g/mol. The molecule has 1 N–H and O–H groups in total. The number of methoxy groups -OCH3 is 1. The van der Waals surface area contributed by atoms with Crippen molar-refractivity contribution in [3.63, 3.8) is 0 Å². The molecule has 3 aromatic carbocycles. The van der Waals surface area contributed by atoms with Crippen LogP contribution in [0.2, 0.25) is 10.0 Å². The van der Waals surface area contributed by atoms with Gasteiger partial charge in [-0.2, -0.15) is 13.7 Å². The molecule has 0 aliphatic carbocycles. The summed E-state index contributed by atoms with van der Waals surface area (Å²) in [6.07, 6.45) is 1.18. The average Bonchev–Trinajstić information content (AvgIpc) is 2.80. The molecule has 0 spiro atoms. The maximum Gasteiger partial charge on any atom is 0.339 e. The van der Waals surface area contributed by atoms with Gasteiger partial charge < -0.3 is 14.2 Å². The second kappa shape index (κ2) is 10.6. The monoisotopic (exact) mass is 516 g/mol. The SMILES string of the molecule is COc1cccc(/C=C(\C#N)C(=O)Nc2c(Cl)cccc2Cl)c1OS(=O)(=O)c1ccc(C)cc1. The zero-order chi connectivity index (χ0) is 24.9. The van der Waals surface area contributed by atoms with Gasteiger partial charge in [0.15, 0.2) is 11.5 Å². The molecule has 0 heterocycles. The fraction of sp³-hybridized carbons (Fsp3) is 0.0833. The number of benzene rings is 3. The number of hydrogen-bond donors (Lipinski definition) is 1. The first-order valence-electron chi connectivity index (χ1n) is 9.71. The van der Waals surface area contributed by atoms with Gasteiger partial charge in [-0.05, 0) is 43.3 Å². The van der Waals surface area contributed by atoms with E-state index in [0.29, 0.717) is 0 Å². The number of nitriles is 1. The van der Waals surface area contributed by atoms with Gasteiger partial charge in [0.2, 0.25) is 0 Å². The normalized spacial score (nSPS) is 11.4. The van der Waals surface area contributed by atoms with Crippen LogP contribution >= 0.6 is 23.2 Å². The van der Waals surface area contributed by atoms with Crippen LogP contribution in [0.3, 0.4) is 0 Å². The van der Waals surface area contributed by atoms with E-state index in [1.165, 1.54) is 49.6 Å². The van der Waals surface area contributed by atoms with E-state index in [-0.39, 0.29) is 43.3 Å². The number of hydrogen-bond acceptors (Lipinski definition) is 6. The van der Waals surface area contributed by atoms with Crippen molar-refractivity contribution in [1.29, 1.82) is 5.26 Å². The van der Waals surface area contributed by atoms with Gasteiger partial charge in [0.1, 0.15) is 16.5 Å². The highest BCUT2D eigenvalue weighted by Crippen LogP contribution is 2.35. The first-order valence-corrected chi connectivity index (χ1v) is 11.9. The Kier molecular flexibility index (Phi) is 7.84. The molecule has 0 saturated heterocycles. The number of para-hydroxylation sites is 2. The van der Waals surface area contributed by atoms with Crippen LogP contribution in [-0.4, -0.2) is 21.4 Å². The van der Waals surface area contributed by atoms with Crippen LogP contribution in [-0.2, 0) is 14.9 Å². The van der Waals surface area contributed by atoms with Gasteiger partial charge in [0.25, 0.3) is 5.91 Å². The van der Waals surface area contributed by atoms with Crippen molar-refractivity contribution in [1.82, 2.24) is 0 Å². The highest BCUT2D eigenvalue weighted by Gasteiger charge is 2.22. The molecule has 0 fully saturated rings. The minimum absolute atomic E-state index is 0.0643. The Morgan fingerprint density at radius 2 is 1.65 bits per heavy atom. The van der Waals surface area contributed by atoms with Crippen LogP contribution in [0.4, 0.5) is 5.69 Å². The Morgan fingerprint density at radius 1 is 1.03 bits per heavy atom. The molecule has 0 atom stereocenters. The molecule has 0 radical (unpaired) electrons. The van der Waals surface area contributed by atoms with Gasteiger partial charge in [-0.25, -0.2) is 0 Å². The van der Waals surface area contributed by atoms with Crippen LogP contribution in [0.15, 0.2) is 71.1 Å². The Balaban J connectivity index is 2.01. The number of amides is 1. The zero-order valence-corrected chi connectivity index (χ0v) is 20.3. The van der Waals surface area contributed by atoms with E-state index in [4.69, 9.17) is 32.1 Å². The van der Waals surface area contributed by atoms with E-state index in [9.17, 15) is 18.5 Å². The number of rotatable bonds is 7. The third kappa shape index (κ3) is 5.69. The molecule has 174 valence electrons. The van der Waals surface area contributed by atoms with Crippen molar-refractivity contribution in [3.05, 3.63) is 87.4 Å². The number of anilines is 1. The van der Waals surface area contributed by atoms with E-state index >= 15 is 0 Å². The molecule has 0 aromatic heterocycles. The van der Waals surface area contributed by atoms with E-state index < -0.39 is 16.0 Å². The van der Waals surface area contributed by atoms with Crippen LogP contribution in [0.1, 0.15) is 11.1 Å². The predicted octanol–water partition coefficient (Wildman–Crippen LogP) is 5.62. The van der Waals surface area contributed by atoms with Gasteiger partial charge >= 0.3 is 10.1 Å². The van der Waals surface area contributed by atoms with E-state index in [0.717, 1.165) is 5.56 Å². The summed E-state index contributed by atoms with van der Waals surface area (Å²) in [4.78, 5) is 12.7. The Bertz CT molecular complexity index is 1390. The van der Waals surface area contributed by atoms with Gasteiger partial charge in [0.05, 0.1) is 22.8 Å². The van der Waals surface area contributed by atoms with Crippen molar-refractivity contribution in [2.75, 3.05) is 12.4 Å². The molecule has 34 heavy (non-hydrogen) atoms. The molecule has 1 amide bonds. The Morgan fingerprint density at radius 3 is 2.24 bits per heavy atom. The number of carbonyl (C=O) groups excluding carboxylic acids is 1. The van der Waals surface area contributed by atoms with Crippen LogP contribution in [0.25, 0.3) is 6.08 Å². The summed E-state index contributed by atoms with van der Waals surface area (Å²) in [6, 6.07) is 17.1. The van der Waals surface area contributed by atoms with Gasteiger partial charge in [-0.1, -0.05) is 59.1 Å². The number of nitrogens with one attached hydrogen (secondary N) is 1. The minimum Gasteiger partial charge on any atom is -0.493 e. The largest absolute Gasteiger partial charge is 0.493 e. The quantitative estimate of drug-likeness (QED) is 0.248. The molecule has 10 heteroatoms. The molecule has 0 saturated carbocycles. The van der Waals surface area contributed by atoms with Gasteiger partial charge in [-0.3, -0.25) is 4.79 Å². The summed E-state index contributed by atoms with van der Waals surface area (Å²) in [7, 11) is -2.90. The highest BCUT2D eigenvalue weighted by atomic mass is 35.5. The number of nitrogens with zero attached hydrogens (tertiary/aromatic N) is 1. The third-order valence-corrected chi connectivity index (χ3v) is 6.46. The lowest BCUT2D eigenvalue weighted by atomic mass is 10.1. The van der Waals surface area contributed by atoms with Crippen molar-refractivity contribution < 1.29 is 22.1 Å². The van der Waals surface area contributed by atoms with Gasteiger partial charge in [-0.15, -0.1) is 0 Å². The number of ether oxygens (including phenoxy) is 1. The molecule has 3 aromatic rings. The van der Waals surface area contributed by atoms with Crippen molar-refractivity contribution in [2.24, 2.45) is 0 Å². The lowest BCUT2D eigenvalue weighted by Gasteiger charge is -2.14. The van der Waals surface area contributed by atoms with Crippen LogP contribution in [0, 0.1) is 18.3 Å². The molecule has 0 aliphatic heterocycles. The molecule has 7 nitrogen and oxygen atoms in total. The van der Waals surface area contributed by atoms with Crippen molar-refractivity contribution in [3.8, 4) is 17.6 Å². The zero-order valence-electron chi connectivity index (χ0n) is 18.0. The maximum atomic E-state index is 12.9. The first-order chi connectivity index (χ1) is 16.2. The predicted molar refractivity (Wildman–Crippen MR) is 131 cm³/mol. The van der Waals surface area contributed by atoms with E-state index in [2.05, 4.69) is 5.32 Å². The first kappa shape index (κ1) is 25.1. The summed E-state index contributed by atoms with van der Waals surface area (Å²) in [5, 5.41) is 12.5. The Hall–Kier alpha value is -3.51. The smallest absolute Gasteiger partial charge is 0.339 e.